The number of fused-ring (bicyclic) bond motifs is 1. The summed E-state index contributed by atoms with van der Waals surface area (Å²) < 4.78 is 5.18. The number of nitrogens with zero attached hydrogens (tertiary/aromatic N) is 3. The molecule has 2 fully saturated rings. The minimum atomic E-state index is -0.0765. The lowest BCUT2D eigenvalue weighted by Gasteiger charge is -2.57. The van der Waals surface area contributed by atoms with Gasteiger partial charge in [-0.15, -0.1) is 0 Å². The zero-order valence-electron chi connectivity index (χ0n) is 23.1. The maximum atomic E-state index is 13.1. The molecule has 1 heterocycles. The highest BCUT2D eigenvalue weighted by Gasteiger charge is 2.51. The summed E-state index contributed by atoms with van der Waals surface area (Å²) in [5, 5.41) is 6.11. The molecule has 1 aliphatic heterocycles. The normalized spacial score (nSPS) is 22.5. The Labute approximate surface area is 222 Å². The summed E-state index contributed by atoms with van der Waals surface area (Å²) in [6.07, 6.45) is 6.88. The number of nitrogens with one attached hydrogen (secondary N) is 2. The number of rotatable bonds is 10. The maximum absolute atomic E-state index is 13.1. The van der Waals surface area contributed by atoms with Gasteiger partial charge < -0.3 is 25.2 Å². The van der Waals surface area contributed by atoms with E-state index in [2.05, 4.69) is 42.4 Å². The summed E-state index contributed by atoms with van der Waals surface area (Å²) in [6.45, 7) is 12.8. The Bertz CT molecular complexity index is 953. The predicted octanol–water partition coefficient (Wildman–Crippen LogP) is 4.65. The molecule has 5 rings (SSSR count). The van der Waals surface area contributed by atoms with Crippen LogP contribution in [0.1, 0.15) is 46.5 Å². The van der Waals surface area contributed by atoms with E-state index in [0.29, 0.717) is 31.0 Å². The molecule has 204 valence electrons. The number of anilines is 1. The van der Waals surface area contributed by atoms with Crippen LogP contribution in [0.4, 0.5) is 15.3 Å². The molecule has 1 saturated heterocycles. The predicted molar refractivity (Wildman–Crippen MR) is 148 cm³/mol. The molecule has 0 spiro atoms. The summed E-state index contributed by atoms with van der Waals surface area (Å²) in [4.78, 5) is 32.1. The molecule has 1 aromatic carbocycles. The molecule has 8 nitrogen and oxygen atoms in total. The van der Waals surface area contributed by atoms with Crippen molar-refractivity contribution in [1.29, 1.82) is 0 Å². The van der Waals surface area contributed by atoms with E-state index in [1.807, 2.05) is 34.1 Å². The fourth-order valence-corrected chi connectivity index (χ4v) is 5.93. The van der Waals surface area contributed by atoms with Crippen molar-refractivity contribution in [2.24, 2.45) is 17.3 Å². The summed E-state index contributed by atoms with van der Waals surface area (Å²) in [5.41, 5.74) is 2.56. The van der Waals surface area contributed by atoms with E-state index in [-0.39, 0.29) is 12.1 Å². The lowest BCUT2D eigenvalue weighted by atomic mass is 9.49. The van der Waals surface area contributed by atoms with E-state index < -0.39 is 0 Å². The molecule has 8 heteroatoms. The summed E-state index contributed by atoms with van der Waals surface area (Å²) in [7, 11) is 1.63. The summed E-state index contributed by atoms with van der Waals surface area (Å²) in [6, 6.07) is 7.34. The van der Waals surface area contributed by atoms with Gasteiger partial charge in [0, 0.05) is 58.0 Å². The van der Waals surface area contributed by atoms with E-state index in [1.54, 1.807) is 7.11 Å². The molecule has 3 aliphatic carbocycles. The molecule has 2 atom stereocenters. The van der Waals surface area contributed by atoms with Gasteiger partial charge in [-0.3, -0.25) is 4.90 Å². The minimum absolute atomic E-state index is 0.0473. The molecular formula is C29H45N5O3. The van der Waals surface area contributed by atoms with Crippen molar-refractivity contribution < 1.29 is 14.3 Å². The minimum Gasteiger partial charge on any atom is -0.497 e. The number of methoxy groups -OCH3 is 1. The Morgan fingerprint density at radius 1 is 1.14 bits per heavy atom. The van der Waals surface area contributed by atoms with E-state index in [1.165, 1.54) is 12.0 Å². The molecule has 4 aliphatic rings. The lowest BCUT2D eigenvalue weighted by molar-refractivity contribution is -0.00982. The first-order chi connectivity index (χ1) is 17.8. The number of carbonyl (C=O) groups excluding carboxylic acids is 2. The van der Waals surface area contributed by atoms with Crippen LogP contribution in [0.25, 0.3) is 0 Å². The maximum Gasteiger partial charge on any atom is 0.321 e. The topological polar surface area (TPSA) is 77.2 Å². The van der Waals surface area contributed by atoms with Gasteiger partial charge >= 0.3 is 12.1 Å². The smallest absolute Gasteiger partial charge is 0.321 e. The fourth-order valence-electron chi connectivity index (χ4n) is 5.93. The van der Waals surface area contributed by atoms with Gasteiger partial charge in [0.2, 0.25) is 0 Å². The van der Waals surface area contributed by atoms with Crippen LogP contribution in [-0.4, -0.2) is 86.2 Å². The fraction of sp³-hybridized carbons (Fsp3) is 0.655. The number of urea groups is 2. The number of benzene rings is 1. The second-order valence-corrected chi connectivity index (χ2v) is 11.3. The average Bonchev–Trinajstić information content (AvgIpc) is 2.91. The van der Waals surface area contributed by atoms with Crippen LogP contribution in [0.5, 0.6) is 5.75 Å². The SMILES string of the molecule is CCCCNC(=O)N(CCN1CCN(C(=O)Nc2ccc(OC)cc2)CC1)CC1=CCC2CC1C2(C)C. The second kappa shape index (κ2) is 12.2. The van der Waals surface area contributed by atoms with Gasteiger partial charge in [0.1, 0.15) is 5.75 Å². The van der Waals surface area contributed by atoms with Gasteiger partial charge in [0.25, 0.3) is 0 Å². The van der Waals surface area contributed by atoms with Gasteiger partial charge in [0.15, 0.2) is 0 Å². The van der Waals surface area contributed by atoms with Crippen molar-refractivity contribution in [2.75, 3.05) is 64.8 Å². The molecule has 0 aromatic heterocycles. The third kappa shape index (κ3) is 6.58. The van der Waals surface area contributed by atoms with Crippen LogP contribution < -0.4 is 15.4 Å². The highest BCUT2D eigenvalue weighted by atomic mass is 16.5. The second-order valence-electron chi connectivity index (χ2n) is 11.3. The van der Waals surface area contributed by atoms with E-state index in [4.69, 9.17) is 4.74 Å². The van der Waals surface area contributed by atoms with Crippen LogP contribution in [0.15, 0.2) is 35.9 Å². The third-order valence-corrected chi connectivity index (χ3v) is 8.74. The summed E-state index contributed by atoms with van der Waals surface area (Å²) in [5.74, 6) is 2.16. The molecule has 0 radical (unpaired) electrons. The van der Waals surface area contributed by atoms with E-state index >= 15 is 0 Å². The lowest BCUT2D eigenvalue weighted by Crippen LogP contribution is -2.53. The average molecular weight is 512 g/mol. The Balaban J connectivity index is 1.26. The summed E-state index contributed by atoms with van der Waals surface area (Å²) >= 11 is 0. The molecule has 2 N–H and O–H groups in total. The quantitative estimate of drug-likeness (QED) is 0.354. The molecule has 1 saturated carbocycles. The Kier molecular flexibility index (Phi) is 9.00. The molecule has 1 aromatic rings. The van der Waals surface area contributed by atoms with Crippen molar-refractivity contribution in [3.05, 3.63) is 35.9 Å². The number of hydrogen-bond donors (Lipinski definition) is 2. The van der Waals surface area contributed by atoms with Crippen LogP contribution in [-0.2, 0) is 0 Å². The van der Waals surface area contributed by atoms with Crippen molar-refractivity contribution >= 4 is 17.7 Å². The molecule has 37 heavy (non-hydrogen) atoms. The van der Waals surface area contributed by atoms with E-state index in [9.17, 15) is 9.59 Å². The molecule has 4 amide bonds. The number of allylic oxidation sites excluding steroid dienone is 1. The number of piperazine rings is 1. The van der Waals surface area contributed by atoms with Crippen LogP contribution in [0, 0.1) is 17.3 Å². The van der Waals surface area contributed by atoms with Gasteiger partial charge in [0.05, 0.1) is 7.11 Å². The van der Waals surface area contributed by atoms with Gasteiger partial charge in [-0.25, -0.2) is 9.59 Å². The van der Waals surface area contributed by atoms with Crippen molar-refractivity contribution in [2.45, 2.75) is 46.5 Å². The third-order valence-electron chi connectivity index (χ3n) is 8.74. The van der Waals surface area contributed by atoms with Gasteiger partial charge in [-0.2, -0.15) is 0 Å². The van der Waals surface area contributed by atoms with Crippen LogP contribution >= 0.6 is 0 Å². The number of carbonyl (C=O) groups is 2. The number of hydrogen-bond acceptors (Lipinski definition) is 4. The van der Waals surface area contributed by atoms with E-state index in [0.717, 1.165) is 69.3 Å². The highest BCUT2D eigenvalue weighted by molar-refractivity contribution is 5.89. The van der Waals surface area contributed by atoms with Gasteiger partial charge in [-0.1, -0.05) is 38.8 Å². The monoisotopic (exact) mass is 511 g/mol. The Morgan fingerprint density at radius 2 is 1.86 bits per heavy atom. The van der Waals surface area contributed by atoms with Crippen molar-refractivity contribution in [3.8, 4) is 5.75 Å². The Hall–Kier alpha value is -2.74. The zero-order valence-corrected chi connectivity index (χ0v) is 23.1. The number of ether oxygens (including phenoxy) is 1. The van der Waals surface area contributed by atoms with Crippen LogP contribution in [0.2, 0.25) is 0 Å². The first kappa shape index (κ1) is 27.3. The van der Waals surface area contributed by atoms with Crippen molar-refractivity contribution in [1.82, 2.24) is 20.0 Å². The zero-order chi connectivity index (χ0) is 26.4. The number of amides is 4. The van der Waals surface area contributed by atoms with Gasteiger partial charge in [-0.05, 0) is 60.8 Å². The molecule has 2 bridgehead atoms. The van der Waals surface area contributed by atoms with Crippen LogP contribution in [0.3, 0.4) is 0 Å². The largest absolute Gasteiger partial charge is 0.497 e. The first-order valence-corrected chi connectivity index (χ1v) is 14.0. The number of unbranched alkanes of at least 4 members (excludes halogenated alkanes) is 1. The Morgan fingerprint density at radius 3 is 2.49 bits per heavy atom. The van der Waals surface area contributed by atoms with Crippen molar-refractivity contribution in [3.63, 3.8) is 0 Å². The standard InChI is InChI=1S/C29H45N5O3/c1-5-6-13-30-27(35)34(21-22-7-8-23-20-26(22)29(23,2)3)19-16-32-14-17-33(18-15-32)28(36)31-24-9-11-25(37-4)12-10-24/h7,9-12,23,26H,5-6,8,13-21H2,1-4H3,(H,30,35)(H,31,36). The molecular weight excluding hydrogens is 466 g/mol. The highest BCUT2D eigenvalue weighted by Crippen LogP contribution is 2.59. The first-order valence-electron chi connectivity index (χ1n) is 14.0. The molecule has 2 unspecified atom stereocenters.